The number of likely N-dealkylation sites (N-methyl/N-ethyl adjacent to an activating group) is 1. The molecule has 2 aliphatic carbocycles. The molecule has 2 saturated heterocycles. The summed E-state index contributed by atoms with van der Waals surface area (Å²) in [4.78, 5) is 45.5. The molecule has 0 spiro atoms. The van der Waals surface area contributed by atoms with Crippen LogP contribution in [0.1, 0.15) is 77.3 Å². The van der Waals surface area contributed by atoms with Gasteiger partial charge in [-0.1, -0.05) is 17.9 Å². The van der Waals surface area contributed by atoms with Gasteiger partial charge in [0, 0.05) is 62.1 Å². The minimum Gasteiger partial charge on any atom is -0.369 e. The first-order valence-corrected chi connectivity index (χ1v) is 13.1. The Labute approximate surface area is 214 Å². The second-order valence-electron chi connectivity index (χ2n) is 11.3. The van der Waals surface area contributed by atoms with Gasteiger partial charge in [0.05, 0.1) is 5.69 Å². The van der Waals surface area contributed by atoms with E-state index in [1.54, 1.807) is 7.05 Å². The molecule has 2 saturated carbocycles. The van der Waals surface area contributed by atoms with Gasteiger partial charge in [-0.3, -0.25) is 14.4 Å². The van der Waals surface area contributed by atoms with Crippen molar-refractivity contribution < 1.29 is 19.5 Å². The molecule has 4 fully saturated rings. The van der Waals surface area contributed by atoms with Crippen LogP contribution in [0.5, 0.6) is 0 Å². The number of hydrogen-bond acceptors (Lipinski definition) is 5. The normalized spacial score (nSPS) is 27.9. The molecule has 2 bridgehead atoms. The highest BCUT2D eigenvalue weighted by Gasteiger charge is 2.46. The molecule has 190 valence electrons. The molecule has 1 aromatic carbocycles. The predicted octanol–water partition coefficient (Wildman–Crippen LogP) is 1.36. The molecule has 1 aromatic heterocycles. The van der Waals surface area contributed by atoms with Gasteiger partial charge in [0.2, 0.25) is 11.5 Å². The molecular formula is C28H29N5O4. The van der Waals surface area contributed by atoms with Crippen LogP contribution < -0.4 is 5.73 Å². The number of nitrogens with zero attached hydrogens (tertiary/aromatic N) is 4. The van der Waals surface area contributed by atoms with Gasteiger partial charge in [0.25, 0.3) is 11.8 Å². The maximum atomic E-state index is 12.5. The molecule has 3 amide bonds. The Morgan fingerprint density at radius 1 is 1.19 bits per heavy atom. The highest BCUT2D eigenvalue weighted by atomic mass is 16.3. The van der Waals surface area contributed by atoms with Crippen molar-refractivity contribution in [1.82, 2.24) is 19.4 Å². The number of aliphatic hydroxyl groups is 1. The van der Waals surface area contributed by atoms with Crippen molar-refractivity contribution in [1.29, 1.82) is 0 Å². The molecule has 1 atom stereocenters. The standard InChI is InChI=1S/C28H29N5O4/c1-31-9-8-28(37,27(31)36)7-6-15-2-5-20-17-11-19(12-17)33-23(18-13-32(14-18)26(35)16-3-4-16)22(24(29)34)30-25(33)21(20)10-15/h2,5,10,16-19,37H,3-4,8-9,11-14H2,1H3,(H2,29,34). The lowest BCUT2D eigenvalue weighted by Crippen LogP contribution is -2.50. The number of primary amides is 1. The molecule has 2 aromatic rings. The largest absolute Gasteiger partial charge is 0.369 e. The zero-order valence-electron chi connectivity index (χ0n) is 20.7. The van der Waals surface area contributed by atoms with Crippen molar-refractivity contribution in [3.63, 3.8) is 0 Å². The lowest BCUT2D eigenvalue weighted by atomic mass is 9.75. The van der Waals surface area contributed by atoms with E-state index in [0.29, 0.717) is 36.8 Å². The number of carbonyl (C=O) groups excluding carboxylic acids is 3. The summed E-state index contributed by atoms with van der Waals surface area (Å²) in [5.74, 6) is 6.43. The van der Waals surface area contributed by atoms with Gasteiger partial charge in [-0.25, -0.2) is 4.98 Å². The second kappa shape index (κ2) is 7.68. The summed E-state index contributed by atoms with van der Waals surface area (Å²) in [5, 5.41) is 10.7. The van der Waals surface area contributed by atoms with Crippen molar-refractivity contribution >= 4 is 17.7 Å². The van der Waals surface area contributed by atoms with E-state index >= 15 is 0 Å². The van der Waals surface area contributed by atoms with Crippen LogP contribution in [-0.4, -0.2) is 74.5 Å². The molecule has 3 N–H and O–H groups in total. The number of imidazole rings is 1. The van der Waals surface area contributed by atoms with Crippen LogP contribution in [0.15, 0.2) is 18.2 Å². The molecule has 6 aliphatic rings. The highest BCUT2D eigenvalue weighted by molar-refractivity contribution is 5.94. The van der Waals surface area contributed by atoms with E-state index in [0.717, 1.165) is 42.8 Å². The van der Waals surface area contributed by atoms with E-state index in [1.807, 2.05) is 17.0 Å². The van der Waals surface area contributed by atoms with Crippen molar-refractivity contribution in [3.8, 4) is 23.2 Å². The summed E-state index contributed by atoms with van der Waals surface area (Å²) in [7, 11) is 1.66. The summed E-state index contributed by atoms with van der Waals surface area (Å²) >= 11 is 0. The van der Waals surface area contributed by atoms with Gasteiger partial charge in [-0.15, -0.1) is 0 Å². The average Bonchev–Trinajstić information content (AvgIpc) is 3.59. The molecule has 9 nitrogen and oxygen atoms in total. The van der Waals surface area contributed by atoms with E-state index in [-0.39, 0.29) is 36.1 Å². The minimum absolute atomic E-state index is 0.0367. The van der Waals surface area contributed by atoms with Crippen LogP contribution in [0.2, 0.25) is 0 Å². The summed E-state index contributed by atoms with van der Waals surface area (Å²) < 4.78 is 2.20. The zero-order valence-corrected chi connectivity index (χ0v) is 20.7. The molecule has 4 aliphatic heterocycles. The fraction of sp³-hybridized carbons (Fsp3) is 0.500. The lowest BCUT2D eigenvalue weighted by Gasteiger charge is -2.42. The Balaban J connectivity index is 1.27. The van der Waals surface area contributed by atoms with Crippen LogP contribution in [-0.2, 0) is 9.59 Å². The summed E-state index contributed by atoms with van der Waals surface area (Å²) in [6, 6.07) is 6.17. The van der Waals surface area contributed by atoms with Crippen molar-refractivity contribution in [2.24, 2.45) is 11.7 Å². The second-order valence-corrected chi connectivity index (χ2v) is 11.3. The van der Waals surface area contributed by atoms with E-state index in [4.69, 9.17) is 10.7 Å². The molecule has 37 heavy (non-hydrogen) atoms. The topological polar surface area (TPSA) is 122 Å². The summed E-state index contributed by atoms with van der Waals surface area (Å²) in [6.45, 7) is 1.66. The van der Waals surface area contributed by atoms with E-state index in [2.05, 4.69) is 22.5 Å². The number of carbonyl (C=O) groups is 3. The van der Waals surface area contributed by atoms with Crippen LogP contribution >= 0.6 is 0 Å². The number of nitrogens with two attached hydrogens (primary N) is 1. The van der Waals surface area contributed by atoms with Gasteiger partial charge >= 0.3 is 0 Å². The third-order valence-corrected chi connectivity index (χ3v) is 8.82. The fourth-order valence-corrected chi connectivity index (χ4v) is 6.38. The van der Waals surface area contributed by atoms with Crippen molar-refractivity contribution in [2.75, 3.05) is 26.7 Å². The number of amides is 3. The Hall–Kier alpha value is -3.64. The number of likely N-dealkylation sites (tertiary alicyclic amines) is 2. The van der Waals surface area contributed by atoms with Gasteiger partial charge < -0.3 is 25.2 Å². The SMILES string of the molecule is CN1CCC(O)(C#Cc2ccc3c(c2)-c2nc(C(N)=O)c(C4CN(C(=O)C5CC5)C4)n2C2CC3C2)C1=O. The fourth-order valence-electron chi connectivity index (χ4n) is 6.38. The third kappa shape index (κ3) is 3.35. The number of benzene rings is 1. The lowest BCUT2D eigenvalue weighted by molar-refractivity contribution is -0.138. The Kier molecular flexibility index (Phi) is 4.68. The average molecular weight is 500 g/mol. The summed E-state index contributed by atoms with van der Waals surface area (Å²) in [5.41, 5.74) is 8.06. The maximum absolute atomic E-state index is 12.5. The Bertz CT molecular complexity index is 1430. The molecular weight excluding hydrogens is 470 g/mol. The minimum atomic E-state index is -1.66. The first-order valence-electron chi connectivity index (χ1n) is 13.1. The van der Waals surface area contributed by atoms with Crippen molar-refractivity contribution in [2.45, 2.75) is 55.6 Å². The zero-order chi connectivity index (χ0) is 25.6. The van der Waals surface area contributed by atoms with Crippen LogP contribution in [0.3, 0.4) is 0 Å². The number of rotatable bonds is 3. The molecule has 1 unspecified atom stereocenters. The predicted molar refractivity (Wildman–Crippen MR) is 133 cm³/mol. The number of aromatic nitrogens is 2. The smallest absolute Gasteiger partial charge is 0.269 e. The van der Waals surface area contributed by atoms with E-state index < -0.39 is 11.5 Å². The molecule has 5 heterocycles. The first-order chi connectivity index (χ1) is 17.7. The molecule has 8 rings (SSSR count). The Morgan fingerprint density at radius 3 is 2.59 bits per heavy atom. The van der Waals surface area contributed by atoms with Crippen LogP contribution in [0.25, 0.3) is 11.4 Å². The van der Waals surface area contributed by atoms with Gasteiger partial charge in [0.15, 0.2) is 0 Å². The Morgan fingerprint density at radius 2 is 1.95 bits per heavy atom. The first kappa shape index (κ1) is 22.5. The van der Waals surface area contributed by atoms with Crippen LogP contribution in [0, 0.1) is 17.8 Å². The monoisotopic (exact) mass is 499 g/mol. The third-order valence-electron chi connectivity index (χ3n) is 8.82. The quantitative estimate of drug-likeness (QED) is 0.618. The van der Waals surface area contributed by atoms with Gasteiger partial charge in [-0.05, 0) is 49.3 Å². The van der Waals surface area contributed by atoms with E-state index in [1.165, 1.54) is 10.5 Å². The van der Waals surface area contributed by atoms with Gasteiger partial charge in [0.1, 0.15) is 11.5 Å². The summed E-state index contributed by atoms with van der Waals surface area (Å²) in [6.07, 6.45) is 4.15. The van der Waals surface area contributed by atoms with Crippen molar-refractivity contribution in [3.05, 3.63) is 40.7 Å². The van der Waals surface area contributed by atoms with Gasteiger partial charge in [-0.2, -0.15) is 0 Å². The van der Waals surface area contributed by atoms with E-state index in [9.17, 15) is 19.5 Å². The van der Waals surface area contributed by atoms with Crippen LogP contribution in [0.4, 0.5) is 0 Å². The maximum Gasteiger partial charge on any atom is 0.269 e. The molecule has 9 heteroatoms. The number of hydrogen-bond donors (Lipinski definition) is 2. The highest BCUT2D eigenvalue weighted by Crippen LogP contribution is 2.54. The molecule has 0 radical (unpaired) electrons.